The number of pyridine rings is 1. The van der Waals surface area contributed by atoms with Crippen molar-refractivity contribution < 1.29 is 123 Å². The summed E-state index contributed by atoms with van der Waals surface area (Å²) in [7, 11) is 0.906. The topological polar surface area (TPSA) is 378 Å². The van der Waals surface area contributed by atoms with Crippen molar-refractivity contribution in [1.29, 1.82) is 0 Å². The van der Waals surface area contributed by atoms with Crippen LogP contribution in [0.1, 0.15) is 186 Å². The molecule has 4 aliphatic heterocycles. The molecule has 1 aliphatic carbocycles. The van der Waals surface area contributed by atoms with Crippen LogP contribution >= 0.6 is 0 Å². The van der Waals surface area contributed by atoms with Gasteiger partial charge in [-0.15, -0.1) is 0 Å². The number of esters is 2. The highest BCUT2D eigenvalue weighted by Gasteiger charge is 2.53. The van der Waals surface area contributed by atoms with E-state index >= 15 is 0 Å². The summed E-state index contributed by atoms with van der Waals surface area (Å²) in [5, 5.41) is 23.8. The predicted octanol–water partition coefficient (Wildman–Crippen LogP) is 11.7. The minimum absolute atomic E-state index is 0.0282. The summed E-state index contributed by atoms with van der Waals surface area (Å²) >= 11 is 0. The van der Waals surface area contributed by atoms with Crippen LogP contribution in [0, 0.1) is 42.4 Å². The maximum Gasteiger partial charge on any atom is 0.329 e. The van der Waals surface area contributed by atoms with Gasteiger partial charge in [0.25, 0.3) is 17.6 Å². The first kappa shape index (κ1) is 106. The van der Waals surface area contributed by atoms with Crippen LogP contribution in [0.25, 0.3) is 11.1 Å². The van der Waals surface area contributed by atoms with Crippen LogP contribution in [0.4, 0.5) is 5.82 Å². The molecule has 2 amide bonds. The van der Waals surface area contributed by atoms with Gasteiger partial charge in [0.2, 0.25) is 5.79 Å². The monoisotopic (exact) mass is 1810 g/mol. The van der Waals surface area contributed by atoms with E-state index in [1.807, 2.05) is 95.3 Å². The minimum atomic E-state index is -3.72. The number of amides is 2. The van der Waals surface area contributed by atoms with E-state index in [1.54, 1.807) is 58.2 Å². The van der Waals surface area contributed by atoms with Gasteiger partial charge in [-0.1, -0.05) is 77.1 Å². The fourth-order valence-corrected chi connectivity index (χ4v) is 18.5. The van der Waals surface area contributed by atoms with Gasteiger partial charge in [0, 0.05) is 101 Å². The number of carbonyl (C=O) groups excluding carboxylic acids is 7. The summed E-state index contributed by atoms with van der Waals surface area (Å²) < 4.78 is 114. The third-order valence-electron chi connectivity index (χ3n) is 24.7. The molecular weight excluding hydrogens is 1670 g/mol. The van der Waals surface area contributed by atoms with E-state index in [4.69, 9.17) is 76.8 Å². The van der Waals surface area contributed by atoms with Crippen LogP contribution < -0.4 is 10.5 Å². The van der Waals surface area contributed by atoms with Crippen LogP contribution in [-0.4, -0.2) is 282 Å². The highest BCUT2D eigenvalue weighted by molar-refractivity contribution is 7.91. The Morgan fingerprint density at radius 3 is 1.94 bits per heavy atom. The van der Waals surface area contributed by atoms with Gasteiger partial charge in [-0.05, 0) is 199 Å². The number of fused-ring (bicyclic) bond motifs is 4. The molecule has 0 radical (unpaired) electrons. The number of hydrogen-bond acceptors (Lipinski definition) is 28. The largest absolute Gasteiger partial charge is 0.491 e. The van der Waals surface area contributed by atoms with E-state index in [1.165, 1.54) is 24.1 Å². The second-order valence-corrected chi connectivity index (χ2v) is 36.8. The van der Waals surface area contributed by atoms with Crippen molar-refractivity contribution in [3.8, 4) is 16.9 Å². The zero-order valence-corrected chi connectivity index (χ0v) is 78.2. The van der Waals surface area contributed by atoms with Gasteiger partial charge in [0.05, 0.1) is 135 Å². The van der Waals surface area contributed by atoms with Gasteiger partial charge in [0.1, 0.15) is 54.4 Å². The van der Waals surface area contributed by atoms with Crippen molar-refractivity contribution in [2.45, 2.75) is 237 Å². The fraction of sp³-hybridized carbons (Fsp3) is 0.670. The summed E-state index contributed by atoms with van der Waals surface area (Å²) in [4.78, 5) is 105. The molecule has 3 aromatic rings. The van der Waals surface area contributed by atoms with Crippen molar-refractivity contribution in [2.24, 2.45) is 35.5 Å². The lowest BCUT2D eigenvalue weighted by Crippen LogP contribution is -2.61. The number of benzene rings is 2. The maximum atomic E-state index is 14.8. The van der Waals surface area contributed by atoms with E-state index < -0.39 is 87.8 Å². The van der Waals surface area contributed by atoms with E-state index in [0.29, 0.717) is 218 Å². The summed E-state index contributed by atoms with van der Waals surface area (Å²) in [6.45, 7) is 21.8. The molecule has 128 heavy (non-hydrogen) atoms. The van der Waals surface area contributed by atoms with Gasteiger partial charge in [-0.2, -0.15) is 0 Å². The molecule has 2 aromatic carbocycles. The number of ether oxygens (including phenoxy) is 15. The number of sulfone groups is 1. The Labute approximate surface area is 757 Å². The Kier molecular flexibility index (Phi) is 46.0. The van der Waals surface area contributed by atoms with E-state index in [0.717, 1.165) is 28.7 Å². The quantitative estimate of drug-likeness (QED) is 0.0205. The molecule has 1 aromatic heterocycles. The number of carbonyl (C=O) groups is 7. The Hall–Kier alpha value is -7.57. The van der Waals surface area contributed by atoms with Crippen LogP contribution in [0.2, 0.25) is 0 Å². The number of nitrogens with zero attached hydrogens (tertiary/aromatic N) is 3. The van der Waals surface area contributed by atoms with E-state index in [-0.39, 0.29) is 116 Å². The summed E-state index contributed by atoms with van der Waals surface area (Å²) in [6.07, 6.45) is 16.1. The SMILES string of the molecule is CO[C@H]1C[C@@H]2CC[C@@H](C)[C@@](O)(O2)C(=O)C(=O)N2CCCC[C@H]2C(=O)O[C@H]([C@H](C)C[C@@H]2CC[C@@H](OC(=O)CCCOCCOCCOCCOCCOCCOCCOCCOCCC(=O)CCCS(=O)(=O)c3ccc(C(=O)N4CCOc5ccc(-c6ccc(N)nc6)cc5C4)c(C)c3)[C@H](OC)C2)CC[C@H](C)/C=C(\C)[C@@H](O)[C@@H](OC)C(=O)[C@H](C)C[C@H](C)/C=C/C=C/C=C/1C. The van der Waals surface area contributed by atoms with Crippen molar-refractivity contribution in [3.63, 3.8) is 0 Å². The van der Waals surface area contributed by atoms with Crippen molar-refractivity contribution in [3.05, 3.63) is 119 Å². The lowest BCUT2D eigenvalue weighted by Gasteiger charge is -2.42. The summed E-state index contributed by atoms with van der Waals surface area (Å²) in [5.74, 6) is -6.50. The first-order valence-electron chi connectivity index (χ1n) is 45.9. The highest BCUT2D eigenvalue weighted by atomic mass is 32.2. The van der Waals surface area contributed by atoms with Gasteiger partial charge in [-0.25, -0.2) is 18.2 Å². The average molecular weight is 1810 g/mol. The first-order valence-corrected chi connectivity index (χ1v) is 47.6. The number of aromatic nitrogens is 1. The number of anilines is 1. The van der Waals surface area contributed by atoms with Crippen LogP contribution in [-0.2, 0) is 111 Å². The number of hydrogen-bond donors (Lipinski definition) is 3. The number of cyclic esters (lactones) is 1. The molecular formula is C97H144N4O26S. The summed E-state index contributed by atoms with van der Waals surface area (Å²) in [6, 6.07) is 12.8. The number of aryl methyl sites for hydroxylation is 1. The molecule has 3 fully saturated rings. The third kappa shape index (κ3) is 34.2. The molecule has 714 valence electrons. The molecule has 4 N–H and O–H groups in total. The van der Waals surface area contributed by atoms with Crippen LogP contribution in [0.5, 0.6) is 5.75 Å². The molecule has 1 saturated carbocycles. The van der Waals surface area contributed by atoms with Gasteiger partial charge in [-0.3, -0.25) is 28.8 Å². The molecule has 2 bridgehead atoms. The van der Waals surface area contributed by atoms with Crippen molar-refractivity contribution in [2.75, 3.05) is 158 Å². The Morgan fingerprint density at radius 2 is 1.30 bits per heavy atom. The number of nitrogen functional groups attached to an aromatic ring is 1. The fourth-order valence-electron chi connectivity index (χ4n) is 17.1. The molecule has 5 aliphatic rings. The molecule has 31 heteroatoms. The van der Waals surface area contributed by atoms with Crippen molar-refractivity contribution >= 4 is 56.8 Å². The summed E-state index contributed by atoms with van der Waals surface area (Å²) in [5.41, 5.74) is 10.8. The number of methoxy groups -OCH3 is 3. The standard InChI is InChI=1S/C97H144N4O26S/c1-66-19-13-12-14-20-68(3)86(113-9)63-79-29-25-73(8)97(110,127-79)93(106)95(108)101-37-16-15-22-82(101)96(109)126-83(32-24-67(2)58-72(7)91(105)92(115-11)90(104)71(6)57-66)70(5)59-74-26-33-85(87(61-74)114-10)125-89(103)23-17-39-116-42-44-118-46-48-120-50-52-122-54-55-123-53-51-121-49-47-119-45-43-117-40-36-78(102)21-18-56-128(111,112)80-30-31-81(69(4)60-80)94(107)100-38-41-124-84-34-27-75(62-77(84)65-100)76-28-35-88(98)99-64-76/h12-14,19-20,27-28,30-31,34-35,58,60,62,64,66-67,70-71,73-74,79,82-83,85-87,91-92,105,110H,15-18,21-26,29,32-33,36-57,59,61,63,65H2,1-11H3,(H2,98,99)/b14-12+,19-13+,68-20+,72-58+/t66-,67+,70-,71-,73-,74+,79+,82+,83+,85-,86+,87-,91-,92+,97-/m1/s1. The molecule has 0 spiro atoms. The molecule has 2 saturated heterocycles. The molecule has 0 unspecified atom stereocenters. The number of aliphatic hydroxyl groups is 2. The third-order valence-corrected chi connectivity index (χ3v) is 26.5. The number of piperidine rings is 1. The minimum Gasteiger partial charge on any atom is -0.491 e. The van der Waals surface area contributed by atoms with Gasteiger partial charge < -0.3 is 96.8 Å². The lowest BCUT2D eigenvalue weighted by atomic mass is 9.78. The average Bonchev–Trinajstić information content (AvgIpc) is 0.813. The molecule has 30 nitrogen and oxygen atoms in total. The predicted molar refractivity (Wildman–Crippen MR) is 481 cm³/mol. The second kappa shape index (κ2) is 55.7. The van der Waals surface area contributed by atoms with Gasteiger partial charge >= 0.3 is 11.9 Å². The maximum absolute atomic E-state index is 14.8. The second-order valence-electron chi connectivity index (χ2n) is 34.7. The van der Waals surface area contributed by atoms with Crippen molar-refractivity contribution in [1.82, 2.24) is 14.8 Å². The highest BCUT2D eigenvalue weighted by Crippen LogP contribution is 2.40. The number of rotatable bonds is 42. The molecule has 5 heterocycles. The normalized spacial score (nSPS) is 26.9. The van der Waals surface area contributed by atoms with Crippen LogP contribution in [0.15, 0.2) is 107 Å². The number of nitrogens with two attached hydrogens (primary N) is 1. The number of Topliss-reactive ketones (excluding diaryl/α,β-unsaturated/α-hetero) is 3. The van der Waals surface area contributed by atoms with E-state index in [9.17, 15) is 52.2 Å². The van der Waals surface area contributed by atoms with Crippen LogP contribution in [0.3, 0.4) is 0 Å². The Morgan fingerprint density at radius 1 is 0.648 bits per heavy atom. The smallest absolute Gasteiger partial charge is 0.329 e. The Bertz CT molecular complexity index is 4200. The number of ketones is 3. The zero-order chi connectivity index (χ0) is 92.6. The molecule has 8 rings (SSSR count). The Balaban J connectivity index is 0.637. The lowest BCUT2D eigenvalue weighted by molar-refractivity contribution is -0.265. The number of allylic oxidation sites excluding steroid dienone is 6. The number of aliphatic hydroxyl groups excluding tert-OH is 1. The molecule has 15 atom stereocenters. The van der Waals surface area contributed by atoms with Gasteiger partial charge in [0.15, 0.2) is 15.6 Å². The van der Waals surface area contributed by atoms with E-state index in [2.05, 4.69) is 4.98 Å². The zero-order valence-electron chi connectivity index (χ0n) is 77.3. The first-order chi connectivity index (χ1) is 61.5.